The number of hydrogen-bond acceptors (Lipinski definition) is 6. The molecule has 0 saturated carbocycles. The van der Waals surface area contributed by atoms with Crippen LogP contribution in [0.1, 0.15) is 23.9 Å². The summed E-state index contributed by atoms with van der Waals surface area (Å²) in [6, 6.07) is 4.76. The lowest BCUT2D eigenvalue weighted by atomic mass is 10.2. The molecule has 9 heteroatoms. The molecular weight excluding hydrogens is 348 g/mol. The lowest BCUT2D eigenvalue weighted by Crippen LogP contribution is -2.11. The first-order valence-corrected chi connectivity index (χ1v) is 9.92. The van der Waals surface area contributed by atoms with Gasteiger partial charge in [0.2, 0.25) is 10.0 Å². The average Bonchev–Trinajstić information content (AvgIpc) is 3.03. The Morgan fingerprint density at radius 1 is 1.33 bits per heavy atom. The van der Waals surface area contributed by atoms with E-state index in [0.717, 1.165) is 34.2 Å². The van der Waals surface area contributed by atoms with E-state index < -0.39 is 10.0 Å². The third-order valence-electron chi connectivity index (χ3n) is 3.86. The van der Waals surface area contributed by atoms with Crippen molar-refractivity contribution in [1.29, 1.82) is 0 Å². The summed E-state index contributed by atoms with van der Waals surface area (Å²) in [7, 11) is -3.74. The number of imidazole rings is 1. The second-order valence-corrected chi connectivity index (χ2v) is 7.93. The van der Waals surface area contributed by atoms with Crippen LogP contribution in [-0.4, -0.2) is 23.1 Å². The summed E-state index contributed by atoms with van der Waals surface area (Å²) in [5.41, 5.74) is 3.42. The Hall–Kier alpha value is -1.84. The van der Waals surface area contributed by atoms with Crippen LogP contribution in [0.3, 0.4) is 0 Å². The zero-order valence-electron chi connectivity index (χ0n) is 13.6. The van der Waals surface area contributed by atoms with Crippen LogP contribution in [-0.2, 0) is 22.3 Å². The normalized spacial score (nSPS) is 12.2. The van der Waals surface area contributed by atoms with Gasteiger partial charge in [0.15, 0.2) is 5.16 Å². The number of nitrogens with two attached hydrogens (primary N) is 1. The molecule has 24 heavy (non-hydrogen) atoms. The molecule has 2 N–H and O–H groups in total. The minimum atomic E-state index is -3.74. The lowest BCUT2D eigenvalue weighted by molar-refractivity contribution is 0.392. The van der Waals surface area contributed by atoms with Crippen LogP contribution in [0.2, 0.25) is 0 Å². The van der Waals surface area contributed by atoms with Crippen molar-refractivity contribution >= 4 is 32.8 Å². The third-order valence-corrected chi connectivity index (χ3v) is 5.77. The summed E-state index contributed by atoms with van der Waals surface area (Å²) in [6.07, 6.45) is 0. The maximum atomic E-state index is 11.5. The maximum Gasteiger partial charge on any atom is 0.238 e. The van der Waals surface area contributed by atoms with Gasteiger partial charge in [-0.1, -0.05) is 16.9 Å². The van der Waals surface area contributed by atoms with Gasteiger partial charge in [0, 0.05) is 17.9 Å². The Balaban J connectivity index is 1.98. The van der Waals surface area contributed by atoms with Gasteiger partial charge in [-0.2, -0.15) is 0 Å². The summed E-state index contributed by atoms with van der Waals surface area (Å²) in [5.74, 6) is 1.49. The van der Waals surface area contributed by atoms with Crippen LogP contribution >= 0.6 is 11.8 Å². The SMILES string of the molecule is CCn1c(SCc2c(C)noc2C)nc2cc(S(N)(=O)=O)ccc21. The quantitative estimate of drug-likeness (QED) is 0.696. The number of benzene rings is 1. The van der Waals surface area contributed by atoms with Gasteiger partial charge in [-0.25, -0.2) is 18.5 Å². The fourth-order valence-corrected chi connectivity index (χ4v) is 4.29. The van der Waals surface area contributed by atoms with Gasteiger partial charge in [0.25, 0.3) is 0 Å². The molecule has 0 spiro atoms. The molecule has 0 aliphatic rings. The molecule has 3 aromatic rings. The summed E-state index contributed by atoms with van der Waals surface area (Å²) >= 11 is 1.57. The van der Waals surface area contributed by atoms with Crippen molar-refractivity contribution in [3.8, 4) is 0 Å². The van der Waals surface area contributed by atoms with Crippen molar-refractivity contribution in [1.82, 2.24) is 14.7 Å². The van der Waals surface area contributed by atoms with Gasteiger partial charge >= 0.3 is 0 Å². The molecule has 0 bridgehead atoms. The Kier molecular flexibility index (Phi) is 4.41. The first-order valence-electron chi connectivity index (χ1n) is 7.39. The number of aryl methyl sites for hydroxylation is 3. The molecule has 0 fully saturated rings. The summed E-state index contributed by atoms with van der Waals surface area (Å²) in [6.45, 7) is 6.55. The molecule has 0 amide bonds. The number of aromatic nitrogens is 3. The Morgan fingerprint density at radius 2 is 2.08 bits per heavy atom. The lowest BCUT2D eigenvalue weighted by Gasteiger charge is -2.05. The number of fused-ring (bicyclic) bond motifs is 1. The van der Waals surface area contributed by atoms with Crippen molar-refractivity contribution in [3.05, 3.63) is 35.2 Å². The molecule has 0 saturated heterocycles. The molecule has 2 heterocycles. The Morgan fingerprint density at radius 3 is 2.67 bits per heavy atom. The number of hydrogen-bond donors (Lipinski definition) is 1. The first-order chi connectivity index (χ1) is 11.3. The van der Waals surface area contributed by atoms with Crippen LogP contribution < -0.4 is 5.14 Å². The summed E-state index contributed by atoms with van der Waals surface area (Å²) in [5, 5.41) is 9.97. The number of sulfonamides is 1. The van der Waals surface area contributed by atoms with Crippen molar-refractivity contribution in [2.24, 2.45) is 5.14 Å². The molecular formula is C15H18N4O3S2. The molecule has 0 radical (unpaired) electrons. The highest BCUT2D eigenvalue weighted by Gasteiger charge is 2.16. The van der Waals surface area contributed by atoms with Crippen molar-refractivity contribution < 1.29 is 12.9 Å². The molecule has 0 aliphatic carbocycles. The zero-order valence-corrected chi connectivity index (χ0v) is 15.2. The van der Waals surface area contributed by atoms with E-state index in [2.05, 4.69) is 10.1 Å². The van der Waals surface area contributed by atoms with E-state index in [9.17, 15) is 8.42 Å². The van der Waals surface area contributed by atoms with Crippen molar-refractivity contribution in [2.45, 2.75) is 43.1 Å². The fourth-order valence-electron chi connectivity index (χ4n) is 2.52. The topological polar surface area (TPSA) is 104 Å². The van der Waals surface area contributed by atoms with Crippen molar-refractivity contribution in [3.63, 3.8) is 0 Å². The molecule has 2 aromatic heterocycles. The Bertz CT molecular complexity index is 986. The monoisotopic (exact) mass is 366 g/mol. The fraction of sp³-hybridized carbons (Fsp3) is 0.333. The predicted octanol–water partition coefficient (Wildman–Crippen LogP) is 2.60. The summed E-state index contributed by atoms with van der Waals surface area (Å²) < 4.78 is 30.3. The predicted molar refractivity (Wildman–Crippen MR) is 92.3 cm³/mol. The molecule has 3 rings (SSSR count). The molecule has 0 atom stereocenters. The second kappa shape index (κ2) is 6.23. The highest BCUT2D eigenvalue weighted by molar-refractivity contribution is 7.98. The van der Waals surface area contributed by atoms with Gasteiger partial charge in [-0.15, -0.1) is 0 Å². The molecule has 128 valence electrons. The highest BCUT2D eigenvalue weighted by Crippen LogP contribution is 2.29. The van der Waals surface area contributed by atoms with Crippen LogP contribution in [0.4, 0.5) is 0 Å². The standard InChI is InChI=1S/C15H18N4O3S2/c1-4-19-14-6-5-11(24(16,20)21)7-13(14)17-15(19)23-8-12-9(2)18-22-10(12)3/h5-7H,4,8H2,1-3H3,(H2,16,20,21). The van der Waals surface area contributed by atoms with E-state index in [1.807, 2.05) is 25.3 Å². The number of rotatable bonds is 5. The van der Waals surface area contributed by atoms with Crippen LogP contribution in [0, 0.1) is 13.8 Å². The first kappa shape index (κ1) is 17.0. The number of thioether (sulfide) groups is 1. The zero-order chi connectivity index (χ0) is 17.5. The molecule has 0 unspecified atom stereocenters. The van der Waals surface area contributed by atoms with E-state index >= 15 is 0 Å². The summed E-state index contributed by atoms with van der Waals surface area (Å²) in [4.78, 5) is 4.64. The van der Waals surface area contributed by atoms with Gasteiger partial charge in [-0.05, 0) is 39.0 Å². The van der Waals surface area contributed by atoms with Gasteiger partial charge in [0.05, 0.1) is 21.6 Å². The highest BCUT2D eigenvalue weighted by atomic mass is 32.2. The minimum absolute atomic E-state index is 0.0676. The average molecular weight is 366 g/mol. The molecule has 0 aliphatic heterocycles. The van der Waals surface area contributed by atoms with Gasteiger partial charge < -0.3 is 9.09 Å². The largest absolute Gasteiger partial charge is 0.361 e. The van der Waals surface area contributed by atoms with Crippen LogP contribution in [0.25, 0.3) is 11.0 Å². The smallest absolute Gasteiger partial charge is 0.238 e. The number of primary sulfonamides is 1. The minimum Gasteiger partial charge on any atom is -0.361 e. The molecule has 1 aromatic carbocycles. The van der Waals surface area contributed by atoms with E-state index in [1.165, 1.54) is 12.1 Å². The second-order valence-electron chi connectivity index (χ2n) is 5.43. The van der Waals surface area contributed by atoms with Gasteiger partial charge in [-0.3, -0.25) is 0 Å². The van der Waals surface area contributed by atoms with Crippen molar-refractivity contribution in [2.75, 3.05) is 0 Å². The van der Waals surface area contributed by atoms with E-state index in [0.29, 0.717) is 11.3 Å². The van der Waals surface area contributed by atoms with Gasteiger partial charge in [0.1, 0.15) is 5.76 Å². The van der Waals surface area contributed by atoms with Crippen LogP contribution in [0.15, 0.2) is 32.8 Å². The Labute approximate surface area is 144 Å². The van der Waals surface area contributed by atoms with E-state index in [-0.39, 0.29) is 4.90 Å². The maximum absolute atomic E-state index is 11.5. The van der Waals surface area contributed by atoms with E-state index in [1.54, 1.807) is 17.8 Å². The number of nitrogens with zero attached hydrogens (tertiary/aromatic N) is 3. The van der Waals surface area contributed by atoms with E-state index in [4.69, 9.17) is 9.66 Å². The molecule has 7 nitrogen and oxygen atoms in total. The van der Waals surface area contributed by atoms with Crippen LogP contribution in [0.5, 0.6) is 0 Å². The third kappa shape index (κ3) is 3.06.